The Hall–Kier alpha value is -1.96. The van der Waals surface area contributed by atoms with Crippen molar-refractivity contribution in [3.8, 4) is 16.9 Å². The van der Waals surface area contributed by atoms with Gasteiger partial charge in [0.25, 0.3) is 0 Å². The number of fused-ring (bicyclic) bond motifs is 1. The highest BCUT2D eigenvalue weighted by atomic mass is 16.5. The van der Waals surface area contributed by atoms with Crippen LogP contribution in [-0.4, -0.2) is 5.60 Å². The van der Waals surface area contributed by atoms with E-state index in [9.17, 15) is 0 Å². The minimum Gasteiger partial charge on any atom is -0.487 e. The van der Waals surface area contributed by atoms with Crippen molar-refractivity contribution in [1.82, 2.24) is 0 Å². The predicted molar refractivity (Wildman–Crippen MR) is 79.4 cm³/mol. The lowest BCUT2D eigenvalue weighted by Gasteiger charge is -2.16. The van der Waals surface area contributed by atoms with E-state index in [1.807, 2.05) is 12.1 Å². The van der Waals surface area contributed by atoms with Crippen molar-refractivity contribution in [2.75, 3.05) is 5.73 Å². The first kappa shape index (κ1) is 12.1. The number of hydrogen-bond acceptors (Lipinski definition) is 2. The van der Waals surface area contributed by atoms with E-state index in [0.29, 0.717) is 0 Å². The number of nitrogen functional groups attached to an aromatic ring is 1. The van der Waals surface area contributed by atoms with Crippen molar-refractivity contribution < 1.29 is 4.74 Å². The van der Waals surface area contributed by atoms with Gasteiger partial charge in [-0.05, 0) is 67.3 Å². The van der Waals surface area contributed by atoms with E-state index in [4.69, 9.17) is 10.5 Å². The molecule has 0 amide bonds. The van der Waals surface area contributed by atoms with Gasteiger partial charge < -0.3 is 10.5 Å². The van der Waals surface area contributed by atoms with Gasteiger partial charge in [-0.25, -0.2) is 0 Å². The monoisotopic (exact) mass is 253 g/mol. The summed E-state index contributed by atoms with van der Waals surface area (Å²) in [5.41, 5.74) is 11.5. The SMILES string of the molecule is Cc1ccc(N)cc1-c1ccc2c(c1)CC(C)(C)O2. The number of nitrogens with two attached hydrogens (primary N) is 1. The highest BCUT2D eigenvalue weighted by molar-refractivity contribution is 5.72. The van der Waals surface area contributed by atoms with Crippen LogP contribution in [0.2, 0.25) is 0 Å². The number of aryl methyl sites for hydroxylation is 1. The summed E-state index contributed by atoms with van der Waals surface area (Å²) in [6.45, 7) is 6.36. The second-order valence-electron chi connectivity index (χ2n) is 5.94. The summed E-state index contributed by atoms with van der Waals surface area (Å²) < 4.78 is 5.91. The van der Waals surface area contributed by atoms with E-state index in [1.54, 1.807) is 0 Å². The molecule has 0 saturated carbocycles. The molecule has 2 aromatic rings. The van der Waals surface area contributed by atoms with Crippen LogP contribution in [0.1, 0.15) is 25.0 Å². The fourth-order valence-corrected chi connectivity index (χ4v) is 2.73. The van der Waals surface area contributed by atoms with Crippen LogP contribution in [0.3, 0.4) is 0 Å². The molecule has 3 rings (SSSR count). The van der Waals surface area contributed by atoms with Gasteiger partial charge in [-0.1, -0.05) is 12.1 Å². The average molecular weight is 253 g/mol. The number of rotatable bonds is 1. The van der Waals surface area contributed by atoms with Crippen LogP contribution < -0.4 is 10.5 Å². The molecule has 0 bridgehead atoms. The predicted octanol–water partition coefficient (Wildman–Crippen LogP) is 3.96. The third kappa shape index (κ3) is 2.19. The van der Waals surface area contributed by atoms with Gasteiger partial charge in [0.2, 0.25) is 0 Å². The van der Waals surface area contributed by atoms with Gasteiger partial charge in [0.05, 0.1) is 0 Å². The van der Waals surface area contributed by atoms with Gasteiger partial charge in [0, 0.05) is 12.1 Å². The standard InChI is InChI=1S/C17H19NO/c1-11-4-6-14(18)9-15(11)12-5-7-16-13(8-12)10-17(2,3)19-16/h4-9H,10,18H2,1-3H3. The van der Waals surface area contributed by atoms with Crippen LogP contribution in [0.4, 0.5) is 5.69 Å². The maximum absolute atomic E-state index is 5.91. The van der Waals surface area contributed by atoms with Crippen LogP contribution in [0.15, 0.2) is 36.4 Å². The molecule has 98 valence electrons. The van der Waals surface area contributed by atoms with Crippen molar-refractivity contribution >= 4 is 5.69 Å². The lowest BCUT2D eigenvalue weighted by molar-refractivity contribution is 0.138. The fraction of sp³-hybridized carbons (Fsp3) is 0.294. The molecule has 2 nitrogen and oxygen atoms in total. The molecule has 0 aliphatic carbocycles. The van der Waals surface area contributed by atoms with Gasteiger partial charge >= 0.3 is 0 Å². The van der Waals surface area contributed by atoms with Gasteiger partial charge in [-0.3, -0.25) is 0 Å². The Labute approximate surface area is 114 Å². The first-order valence-electron chi connectivity index (χ1n) is 6.63. The van der Waals surface area contributed by atoms with Crippen LogP contribution >= 0.6 is 0 Å². The molecule has 0 unspecified atom stereocenters. The molecular formula is C17H19NO. The molecule has 19 heavy (non-hydrogen) atoms. The van der Waals surface area contributed by atoms with E-state index < -0.39 is 0 Å². The van der Waals surface area contributed by atoms with Crippen molar-refractivity contribution in [2.24, 2.45) is 0 Å². The van der Waals surface area contributed by atoms with Gasteiger partial charge in [0.1, 0.15) is 11.4 Å². The zero-order valence-electron chi connectivity index (χ0n) is 11.7. The minimum atomic E-state index is -0.0916. The van der Waals surface area contributed by atoms with Crippen molar-refractivity contribution in [3.05, 3.63) is 47.5 Å². The number of benzene rings is 2. The van der Waals surface area contributed by atoms with Crippen LogP contribution in [-0.2, 0) is 6.42 Å². The van der Waals surface area contributed by atoms with Crippen LogP contribution in [0.25, 0.3) is 11.1 Å². The van der Waals surface area contributed by atoms with Crippen molar-refractivity contribution in [3.63, 3.8) is 0 Å². The van der Waals surface area contributed by atoms with Gasteiger partial charge in [-0.2, -0.15) is 0 Å². The van der Waals surface area contributed by atoms with E-state index in [0.717, 1.165) is 17.9 Å². The zero-order valence-corrected chi connectivity index (χ0v) is 11.7. The lowest BCUT2D eigenvalue weighted by atomic mass is 9.95. The molecule has 0 spiro atoms. The largest absolute Gasteiger partial charge is 0.487 e. The van der Waals surface area contributed by atoms with Crippen LogP contribution in [0.5, 0.6) is 5.75 Å². The summed E-state index contributed by atoms with van der Waals surface area (Å²) in [5, 5.41) is 0. The molecule has 0 radical (unpaired) electrons. The van der Waals surface area contributed by atoms with Crippen molar-refractivity contribution in [1.29, 1.82) is 0 Å². The smallest absolute Gasteiger partial charge is 0.123 e. The molecule has 1 aliphatic rings. The third-order valence-electron chi connectivity index (χ3n) is 3.64. The van der Waals surface area contributed by atoms with E-state index in [1.165, 1.54) is 22.3 Å². The Bertz CT molecular complexity index is 644. The highest BCUT2D eigenvalue weighted by Crippen LogP contribution is 2.38. The first-order chi connectivity index (χ1) is 8.94. The zero-order chi connectivity index (χ0) is 13.6. The summed E-state index contributed by atoms with van der Waals surface area (Å²) in [6, 6.07) is 12.5. The molecule has 0 fully saturated rings. The second kappa shape index (κ2) is 4.02. The normalized spacial score (nSPS) is 15.9. The molecule has 2 aromatic carbocycles. The molecule has 0 saturated heterocycles. The molecular weight excluding hydrogens is 234 g/mol. The lowest BCUT2D eigenvalue weighted by Crippen LogP contribution is -2.24. The number of ether oxygens (including phenoxy) is 1. The highest BCUT2D eigenvalue weighted by Gasteiger charge is 2.29. The molecule has 1 heterocycles. The Morgan fingerprint density at radius 1 is 1.11 bits per heavy atom. The van der Waals surface area contributed by atoms with E-state index in [-0.39, 0.29) is 5.60 Å². The summed E-state index contributed by atoms with van der Waals surface area (Å²) >= 11 is 0. The molecule has 0 aromatic heterocycles. The Balaban J connectivity index is 2.07. The summed E-state index contributed by atoms with van der Waals surface area (Å²) in [6.07, 6.45) is 0.956. The van der Waals surface area contributed by atoms with Crippen LogP contribution in [0, 0.1) is 6.92 Å². The Kier molecular flexibility index (Phi) is 2.56. The first-order valence-corrected chi connectivity index (χ1v) is 6.63. The van der Waals surface area contributed by atoms with E-state index in [2.05, 4.69) is 45.0 Å². The third-order valence-corrected chi connectivity index (χ3v) is 3.64. The molecule has 2 N–H and O–H groups in total. The Morgan fingerprint density at radius 2 is 1.89 bits per heavy atom. The summed E-state index contributed by atoms with van der Waals surface area (Å²) in [7, 11) is 0. The minimum absolute atomic E-state index is 0.0916. The van der Waals surface area contributed by atoms with Gasteiger partial charge in [0.15, 0.2) is 0 Å². The maximum atomic E-state index is 5.91. The van der Waals surface area contributed by atoms with Gasteiger partial charge in [-0.15, -0.1) is 0 Å². The van der Waals surface area contributed by atoms with Crippen molar-refractivity contribution in [2.45, 2.75) is 32.8 Å². The Morgan fingerprint density at radius 3 is 2.68 bits per heavy atom. The molecule has 2 heteroatoms. The second-order valence-corrected chi connectivity index (χ2v) is 5.94. The summed E-state index contributed by atoms with van der Waals surface area (Å²) in [4.78, 5) is 0. The maximum Gasteiger partial charge on any atom is 0.123 e. The number of anilines is 1. The molecule has 0 atom stereocenters. The number of hydrogen-bond donors (Lipinski definition) is 1. The van der Waals surface area contributed by atoms with E-state index >= 15 is 0 Å². The fourth-order valence-electron chi connectivity index (χ4n) is 2.73. The molecule has 1 aliphatic heterocycles. The quantitative estimate of drug-likeness (QED) is 0.781. The average Bonchev–Trinajstić information content (AvgIpc) is 2.65. The summed E-state index contributed by atoms with van der Waals surface area (Å²) in [5.74, 6) is 1.01. The topological polar surface area (TPSA) is 35.2 Å².